The Morgan fingerprint density at radius 3 is 2.00 bits per heavy atom. The van der Waals surface area contributed by atoms with E-state index in [0.29, 0.717) is 29.5 Å². The van der Waals surface area contributed by atoms with Crippen molar-refractivity contribution < 1.29 is 19.1 Å². The van der Waals surface area contributed by atoms with Crippen LogP contribution in [0.15, 0.2) is 48.5 Å². The van der Waals surface area contributed by atoms with E-state index in [9.17, 15) is 14.4 Å². The molecule has 2 aromatic rings. The van der Waals surface area contributed by atoms with Crippen LogP contribution in [0.2, 0.25) is 0 Å². The first-order chi connectivity index (χ1) is 13.9. The van der Waals surface area contributed by atoms with Gasteiger partial charge in [0.1, 0.15) is 0 Å². The maximum Gasteiger partial charge on any atom is 0.411 e. The Labute approximate surface area is 171 Å². The third-order valence-electron chi connectivity index (χ3n) is 4.19. The standard InChI is InChI=1S/C23H28N2O4/c1-4-29-23(28)25-20-11-9-19(10-12-20)24-22(27)14-13-21(26)18-7-5-17(6-8-18)15-16(2)3/h5-12,16H,4,13-15H2,1-3H3,(H,24,27)(H,25,28). The molecule has 154 valence electrons. The molecule has 6 nitrogen and oxygen atoms in total. The van der Waals surface area contributed by atoms with Crippen molar-refractivity contribution >= 4 is 29.2 Å². The third-order valence-corrected chi connectivity index (χ3v) is 4.19. The van der Waals surface area contributed by atoms with Crippen molar-refractivity contribution in [2.45, 2.75) is 40.0 Å². The average molecular weight is 396 g/mol. The van der Waals surface area contributed by atoms with Gasteiger partial charge in [0.05, 0.1) is 6.61 Å². The first-order valence-electron chi connectivity index (χ1n) is 9.83. The molecule has 6 heteroatoms. The van der Waals surface area contributed by atoms with Gasteiger partial charge in [-0.05, 0) is 49.1 Å². The van der Waals surface area contributed by atoms with Crippen molar-refractivity contribution in [3.05, 3.63) is 59.7 Å². The molecular formula is C23H28N2O4. The van der Waals surface area contributed by atoms with E-state index >= 15 is 0 Å². The summed E-state index contributed by atoms with van der Waals surface area (Å²) < 4.78 is 4.80. The van der Waals surface area contributed by atoms with Gasteiger partial charge in [-0.2, -0.15) is 0 Å². The second kappa shape index (κ2) is 11.0. The van der Waals surface area contributed by atoms with Crippen molar-refractivity contribution in [2.75, 3.05) is 17.2 Å². The van der Waals surface area contributed by atoms with Crippen molar-refractivity contribution in [3.63, 3.8) is 0 Å². The fraction of sp³-hybridized carbons (Fsp3) is 0.348. The molecule has 0 atom stereocenters. The maximum absolute atomic E-state index is 12.3. The van der Waals surface area contributed by atoms with E-state index in [1.54, 1.807) is 31.2 Å². The number of ketones is 1. The lowest BCUT2D eigenvalue weighted by Gasteiger charge is -2.08. The average Bonchev–Trinajstić information content (AvgIpc) is 2.68. The van der Waals surface area contributed by atoms with Crippen LogP contribution in [0.5, 0.6) is 0 Å². The number of carbonyl (C=O) groups excluding carboxylic acids is 3. The van der Waals surface area contributed by atoms with Gasteiger partial charge in [-0.3, -0.25) is 14.9 Å². The molecule has 0 bridgehead atoms. The van der Waals surface area contributed by atoms with Crippen LogP contribution in [-0.4, -0.2) is 24.4 Å². The largest absolute Gasteiger partial charge is 0.450 e. The van der Waals surface area contributed by atoms with Gasteiger partial charge < -0.3 is 10.1 Å². The Morgan fingerprint density at radius 1 is 0.862 bits per heavy atom. The number of ether oxygens (including phenoxy) is 1. The Hall–Kier alpha value is -3.15. The summed E-state index contributed by atoms with van der Waals surface area (Å²) in [6.07, 6.45) is 0.707. The van der Waals surface area contributed by atoms with E-state index in [4.69, 9.17) is 4.74 Å². The fourth-order valence-electron chi connectivity index (χ4n) is 2.81. The van der Waals surface area contributed by atoms with E-state index in [-0.39, 0.29) is 24.5 Å². The lowest BCUT2D eigenvalue weighted by Crippen LogP contribution is -2.14. The van der Waals surface area contributed by atoms with E-state index in [1.807, 2.05) is 24.3 Å². The van der Waals surface area contributed by atoms with Crippen LogP contribution < -0.4 is 10.6 Å². The van der Waals surface area contributed by atoms with Crippen molar-refractivity contribution in [3.8, 4) is 0 Å². The number of anilines is 2. The third kappa shape index (κ3) is 7.78. The fourth-order valence-corrected chi connectivity index (χ4v) is 2.81. The van der Waals surface area contributed by atoms with Gasteiger partial charge >= 0.3 is 6.09 Å². The monoisotopic (exact) mass is 396 g/mol. The second-order valence-electron chi connectivity index (χ2n) is 7.19. The minimum absolute atomic E-state index is 0.0507. The first kappa shape index (κ1) is 22.1. The molecular weight excluding hydrogens is 368 g/mol. The summed E-state index contributed by atoms with van der Waals surface area (Å²) in [6.45, 7) is 6.33. The Bertz CT molecular complexity index is 827. The SMILES string of the molecule is CCOC(=O)Nc1ccc(NC(=O)CCC(=O)c2ccc(CC(C)C)cc2)cc1. The molecule has 29 heavy (non-hydrogen) atoms. The zero-order valence-corrected chi connectivity index (χ0v) is 17.2. The molecule has 0 aliphatic rings. The maximum atomic E-state index is 12.3. The predicted octanol–water partition coefficient (Wildman–Crippen LogP) is 5.06. The summed E-state index contributed by atoms with van der Waals surface area (Å²) >= 11 is 0. The number of hydrogen-bond acceptors (Lipinski definition) is 4. The Kier molecular flexibility index (Phi) is 8.40. The number of rotatable bonds is 9. The lowest BCUT2D eigenvalue weighted by molar-refractivity contribution is -0.116. The van der Waals surface area contributed by atoms with E-state index in [1.165, 1.54) is 5.56 Å². The van der Waals surface area contributed by atoms with Gasteiger partial charge in [0, 0.05) is 29.8 Å². The molecule has 0 unspecified atom stereocenters. The van der Waals surface area contributed by atoms with Crippen LogP contribution in [0.4, 0.5) is 16.2 Å². The molecule has 0 fully saturated rings. The van der Waals surface area contributed by atoms with Crippen molar-refractivity contribution in [1.82, 2.24) is 0 Å². The number of Topliss-reactive ketones (excluding diaryl/α,β-unsaturated/α-hetero) is 1. The van der Waals surface area contributed by atoms with Crippen LogP contribution in [-0.2, 0) is 16.0 Å². The summed E-state index contributed by atoms with van der Waals surface area (Å²) in [7, 11) is 0. The van der Waals surface area contributed by atoms with Gasteiger partial charge in [-0.15, -0.1) is 0 Å². The van der Waals surface area contributed by atoms with Crippen LogP contribution in [0.3, 0.4) is 0 Å². The minimum atomic E-state index is -0.528. The van der Waals surface area contributed by atoms with Crippen LogP contribution >= 0.6 is 0 Å². The van der Waals surface area contributed by atoms with Crippen LogP contribution in [0.25, 0.3) is 0 Å². The number of benzene rings is 2. The van der Waals surface area contributed by atoms with Gasteiger partial charge in [0.2, 0.25) is 5.91 Å². The molecule has 0 spiro atoms. The molecule has 0 aliphatic carbocycles. The highest BCUT2D eigenvalue weighted by Gasteiger charge is 2.10. The smallest absolute Gasteiger partial charge is 0.411 e. The molecule has 0 saturated heterocycles. The van der Waals surface area contributed by atoms with E-state index in [2.05, 4.69) is 24.5 Å². The summed E-state index contributed by atoms with van der Waals surface area (Å²) in [5.74, 6) is 0.279. The molecule has 2 amide bonds. The first-order valence-corrected chi connectivity index (χ1v) is 9.83. The number of carbonyl (C=O) groups is 3. The molecule has 0 saturated carbocycles. The number of amides is 2. The number of hydrogen-bond donors (Lipinski definition) is 2. The summed E-state index contributed by atoms with van der Waals surface area (Å²) in [5, 5.41) is 5.33. The molecule has 0 heterocycles. The predicted molar refractivity (Wildman–Crippen MR) is 114 cm³/mol. The molecule has 2 N–H and O–H groups in total. The Balaban J connectivity index is 1.80. The zero-order valence-electron chi connectivity index (χ0n) is 17.2. The summed E-state index contributed by atoms with van der Waals surface area (Å²) in [4.78, 5) is 35.8. The molecule has 0 aromatic heterocycles. The summed E-state index contributed by atoms with van der Waals surface area (Å²) in [6, 6.07) is 14.3. The highest BCUT2D eigenvalue weighted by atomic mass is 16.5. The topological polar surface area (TPSA) is 84.5 Å². The highest BCUT2D eigenvalue weighted by molar-refractivity contribution is 6.00. The second-order valence-corrected chi connectivity index (χ2v) is 7.19. The zero-order chi connectivity index (χ0) is 21.2. The van der Waals surface area contributed by atoms with Gasteiger partial charge in [-0.25, -0.2) is 4.79 Å². The summed E-state index contributed by atoms with van der Waals surface area (Å²) in [5.41, 5.74) is 2.99. The van der Waals surface area contributed by atoms with Gasteiger partial charge in [0.25, 0.3) is 0 Å². The van der Waals surface area contributed by atoms with Crippen molar-refractivity contribution in [1.29, 1.82) is 0 Å². The lowest BCUT2D eigenvalue weighted by atomic mass is 9.99. The molecule has 0 radical (unpaired) electrons. The molecule has 0 aliphatic heterocycles. The highest BCUT2D eigenvalue weighted by Crippen LogP contribution is 2.15. The normalized spacial score (nSPS) is 10.5. The van der Waals surface area contributed by atoms with Gasteiger partial charge in [0.15, 0.2) is 5.78 Å². The number of nitrogens with one attached hydrogen (secondary N) is 2. The van der Waals surface area contributed by atoms with Gasteiger partial charge in [-0.1, -0.05) is 38.1 Å². The molecule has 2 aromatic carbocycles. The van der Waals surface area contributed by atoms with Crippen LogP contribution in [0.1, 0.15) is 49.5 Å². The Morgan fingerprint density at radius 2 is 1.45 bits per heavy atom. The van der Waals surface area contributed by atoms with Crippen LogP contribution in [0, 0.1) is 5.92 Å². The van der Waals surface area contributed by atoms with E-state index < -0.39 is 6.09 Å². The minimum Gasteiger partial charge on any atom is -0.450 e. The molecule has 2 rings (SSSR count). The van der Waals surface area contributed by atoms with Crippen molar-refractivity contribution in [2.24, 2.45) is 5.92 Å². The quantitative estimate of drug-likeness (QED) is 0.581. The van der Waals surface area contributed by atoms with E-state index in [0.717, 1.165) is 6.42 Å².